The number of aryl methyl sites for hydroxylation is 2. The number of fused-ring (bicyclic) bond motifs is 1. The molecule has 0 radical (unpaired) electrons. The second-order valence-corrected chi connectivity index (χ2v) is 6.93. The highest BCUT2D eigenvalue weighted by molar-refractivity contribution is 7.14. The number of hydrogen-bond donors (Lipinski definition) is 2. The van der Waals surface area contributed by atoms with Crippen molar-refractivity contribution in [2.24, 2.45) is 5.92 Å². The first kappa shape index (κ1) is 16.0. The van der Waals surface area contributed by atoms with Gasteiger partial charge in [-0.05, 0) is 43.2 Å². The zero-order valence-electron chi connectivity index (χ0n) is 12.6. The van der Waals surface area contributed by atoms with E-state index in [1.54, 1.807) is 0 Å². The van der Waals surface area contributed by atoms with Crippen molar-refractivity contribution in [3.63, 3.8) is 0 Å². The first-order valence-corrected chi connectivity index (χ1v) is 8.49. The highest BCUT2D eigenvalue weighted by atomic mass is 32.1. The highest BCUT2D eigenvalue weighted by Gasteiger charge is 2.27. The number of carboxylic acids is 1. The fourth-order valence-corrected chi connectivity index (χ4v) is 3.83. The van der Waals surface area contributed by atoms with Gasteiger partial charge in [-0.3, -0.25) is 4.79 Å². The quantitative estimate of drug-likeness (QED) is 0.821. The van der Waals surface area contributed by atoms with Crippen LogP contribution in [0, 0.1) is 5.92 Å². The molecule has 0 saturated heterocycles. The van der Waals surface area contributed by atoms with Crippen LogP contribution in [0.3, 0.4) is 0 Å². The van der Waals surface area contributed by atoms with Crippen LogP contribution in [0.25, 0.3) is 0 Å². The van der Waals surface area contributed by atoms with Gasteiger partial charge >= 0.3 is 5.97 Å². The zero-order chi connectivity index (χ0) is 15.4. The number of carboxylic acid groups (broad SMARTS) is 1. The number of hydrogen-bond acceptors (Lipinski definition) is 3. The first-order valence-electron chi connectivity index (χ1n) is 7.68. The summed E-state index contributed by atoms with van der Waals surface area (Å²) < 4.78 is 0. The van der Waals surface area contributed by atoms with E-state index >= 15 is 0 Å². The maximum Gasteiger partial charge on any atom is 0.326 e. The molecule has 1 amide bonds. The smallest absolute Gasteiger partial charge is 0.326 e. The lowest BCUT2D eigenvalue weighted by Gasteiger charge is -2.19. The average molecular weight is 309 g/mol. The average Bonchev–Trinajstić information content (AvgIpc) is 2.74. The van der Waals surface area contributed by atoms with E-state index in [0.29, 0.717) is 4.88 Å². The van der Waals surface area contributed by atoms with E-state index in [0.717, 1.165) is 19.3 Å². The summed E-state index contributed by atoms with van der Waals surface area (Å²) in [5.74, 6) is -1.29. The van der Waals surface area contributed by atoms with E-state index in [4.69, 9.17) is 0 Å². The van der Waals surface area contributed by atoms with Crippen LogP contribution in [0.4, 0.5) is 0 Å². The molecular formula is C16H23NO3S. The van der Waals surface area contributed by atoms with Gasteiger partial charge in [-0.25, -0.2) is 4.79 Å². The summed E-state index contributed by atoms with van der Waals surface area (Å²) in [6.07, 6.45) is 6.40. The minimum Gasteiger partial charge on any atom is -0.480 e. The molecule has 1 aliphatic rings. The summed E-state index contributed by atoms with van der Waals surface area (Å²) in [5, 5.41) is 11.9. The van der Waals surface area contributed by atoms with Crippen LogP contribution in [-0.2, 0) is 17.6 Å². The van der Waals surface area contributed by atoms with Gasteiger partial charge in [0.25, 0.3) is 5.91 Å². The van der Waals surface area contributed by atoms with E-state index in [1.165, 1.54) is 41.0 Å². The fourth-order valence-electron chi connectivity index (χ4n) is 2.67. The first-order chi connectivity index (χ1) is 10.0. The Kier molecular flexibility index (Phi) is 5.39. The number of aliphatic carboxylic acids is 1. The van der Waals surface area contributed by atoms with Crippen molar-refractivity contribution in [3.05, 3.63) is 21.4 Å². The van der Waals surface area contributed by atoms with E-state index in [-0.39, 0.29) is 11.8 Å². The molecule has 2 atom stereocenters. The van der Waals surface area contributed by atoms with Crippen LogP contribution < -0.4 is 5.32 Å². The van der Waals surface area contributed by atoms with Crippen LogP contribution in [0.5, 0.6) is 0 Å². The SMILES string of the molecule is CC[C@H](C)[C@@H](NC(=O)c1cc2c(s1)CCCCC2)C(=O)O. The summed E-state index contributed by atoms with van der Waals surface area (Å²) in [6, 6.07) is 1.14. The van der Waals surface area contributed by atoms with Crippen molar-refractivity contribution in [1.82, 2.24) is 5.32 Å². The van der Waals surface area contributed by atoms with Crippen LogP contribution in [-0.4, -0.2) is 23.0 Å². The van der Waals surface area contributed by atoms with Gasteiger partial charge in [-0.2, -0.15) is 0 Å². The zero-order valence-corrected chi connectivity index (χ0v) is 13.5. The molecular weight excluding hydrogens is 286 g/mol. The van der Waals surface area contributed by atoms with Crippen molar-refractivity contribution in [3.8, 4) is 0 Å². The maximum atomic E-state index is 12.3. The van der Waals surface area contributed by atoms with E-state index < -0.39 is 12.0 Å². The van der Waals surface area contributed by atoms with Crippen molar-refractivity contribution >= 4 is 23.2 Å². The normalized spacial score (nSPS) is 17.4. The third-order valence-electron chi connectivity index (χ3n) is 4.24. The standard InChI is InChI=1S/C16H23NO3S/c1-3-10(2)14(16(19)20)17-15(18)13-9-11-7-5-4-6-8-12(11)21-13/h9-10,14H,3-8H2,1-2H3,(H,17,18)(H,19,20)/t10-,14+/m0/s1. The molecule has 1 aromatic heterocycles. The lowest BCUT2D eigenvalue weighted by atomic mass is 9.99. The predicted octanol–water partition coefficient (Wildman–Crippen LogP) is 3.25. The summed E-state index contributed by atoms with van der Waals surface area (Å²) >= 11 is 1.52. The van der Waals surface area contributed by atoms with Gasteiger partial charge in [0.05, 0.1) is 4.88 Å². The van der Waals surface area contributed by atoms with Crippen LogP contribution in [0.2, 0.25) is 0 Å². The number of carbonyl (C=O) groups excluding carboxylic acids is 1. The van der Waals surface area contributed by atoms with Crippen LogP contribution in [0.1, 0.15) is 59.6 Å². The molecule has 116 valence electrons. The molecule has 2 rings (SSSR count). The van der Waals surface area contributed by atoms with Gasteiger partial charge in [0.1, 0.15) is 6.04 Å². The Bertz CT molecular complexity index is 500. The van der Waals surface area contributed by atoms with E-state index in [2.05, 4.69) is 5.32 Å². The number of nitrogens with one attached hydrogen (secondary N) is 1. The summed E-state index contributed by atoms with van der Waals surface area (Å²) in [5.41, 5.74) is 1.28. The molecule has 0 unspecified atom stereocenters. The second-order valence-electron chi connectivity index (χ2n) is 5.79. The molecule has 21 heavy (non-hydrogen) atoms. The number of amides is 1. The molecule has 4 nitrogen and oxygen atoms in total. The Balaban J connectivity index is 2.11. The lowest BCUT2D eigenvalue weighted by Crippen LogP contribution is -2.44. The van der Waals surface area contributed by atoms with Crippen molar-refractivity contribution < 1.29 is 14.7 Å². The van der Waals surface area contributed by atoms with Gasteiger partial charge in [-0.15, -0.1) is 11.3 Å². The molecule has 0 bridgehead atoms. The number of thiophene rings is 1. The second kappa shape index (κ2) is 7.07. The Morgan fingerprint density at radius 3 is 2.71 bits per heavy atom. The minimum absolute atomic E-state index is 0.0794. The van der Waals surface area contributed by atoms with Gasteiger partial charge < -0.3 is 10.4 Å². The predicted molar refractivity (Wildman–Crippen MR) is 83.9 cm³/mol. The molecule has 0 fully saturated rings. The lowest BCUT2D eigenvalue weighted by molar-refractivity contribution is -0.140. The van der Waals surface area contributed by atoms with Crippen LogP contribution >= 0.6 is 11.3 Å². The van der Waals surface area contributed by atoms with Gasteiger partial charge in [0.15, 0.2) is 0 Å². The Morgan fingerprint density at radius 1 is 1.33 bits per heavy atom. The van der Waals surface area contributed by atoms with Crippen molar-refractivity contribution in [2.75, 3.05) is 0 Å². The highest BCUT2D eigenvalue weighted by Crippen LogP contribution is 2.29. The van der Waals surface area contributed by atoms with E-state index in [1.807, 2.05) is 19.9 Å². The fraction of sp³-hybridized carbons (Fsp3) is 0.625. The molecule has 0 saturated carbocycles. The minimum atomic E-state index is -0.962. The summed E-state index contributed by atoms with van der Waals surface area (Å²) in [6.45, 7) is 3.78. The largest absolute Gasteiger partial charge is 0.480 e. The third kappa shape index (κ3) is 3.84. The summed E-state index contributed by atoms with van der Waals surface area (Å²) in [4.78, 5) is 25.6. The van der Waals surface area contributed by atoms with Crippen molar-refractivity contribution in [2.45, 2.75) is 58.4 Å². The number of carbonyl (C=O) groups is 2. The van der Waals surface area contributed by atoms with Gasteiger partial charge in [-0.1, -0.05) is 26.7 Å². The Morgan fingerprint density at radius 2 is 2.05 bits per heavy atom. The van der Waals surface area contributed by atoms with Crippen molar-refractivity contribution in [1.29, 1.82) is 0 Å². The molecule has 0 aromatic carbocycles. The molecule has 0 aliphatic heterocycles. The van der Waals surface area contributed by atoms with Crippen LogP contribution in [0.15, 0.2) is 6.07 Å². The summed E-state index contributed by atoms with van der Waals surface area (Å²) in [7, 11) is 0. The maximum absolute atomic E-state index is 12.3. The Hall–Kier alpha value is -1.36. The molecule has 5 heteroatoms. The van der Waals surface area contributed by atoms with Gasteiger partial charge in [0.2, 0.25) is 0 Å². The van der Waals surface area contributed by atoms with Gasteiger partial charge in [0, 0.05) is 4.88 Å². The molecule has 1 aromatic rings. The Labute approximate surface area is 129 Å². The third-order valence-corrected chi connectivity index (χ3v) is 5.47. The molecule has 2 N–H and O–H groups in total. The molecule has 0 spiro atoms. The molecule has 1 heterocycles. The monoisotopic (exact) mass is 309 g/mol. The molecule has 1 aliphatic carbocycles. The topological polar surface area (TPSA) is 66.4 Å². The number of rotatable bonds is 5. The van der Waals surface area contributed by atoms with E-state index in [9.17, 15) is 14.7 Å².